The third kappa shape index (κ3) is 3.01. The zero-order valence-electron chi connectivity index (χ0n) is 11.5. The van der Waals surface area contributed by atoms with Crippen molar-refractivity contribution in [1.29, 1.82) is 0 Å². The fourth-order valence-electron chi connectivity index (χ4n) is 3.10. The molecule has 0 saturated heterocycles. The molecule has 1 aromatic carbocycles. The lowest BCUT2D eigenvalue weighted by atomic mass is 9.95. The van der Waals surface area contributed by atoms with Crippen LogP contribution in [0.4, 0.5) is 10.5 Å². The number of amides is 1. The summed E-state index contributed by atoms with van der Waals surface area (Å²) in [6, 6.07) is 7.77. The fourth-order valence-corrected chi connectivity index (χ4v) is 3.51. The first-order valence-electron chi connectivity index (χ1n) is 7.01. The molecule has 0 radical (unpaired) electrons. The predicted octanol–water partition coefficient (Wildman–Crippen LogP) is 4.17. The minimum atomic E-state index is -0.353. The zero-order chi connectivity index (χ0) is 13.9. The number of benzene rings is 1. The third-order valence-electron chi connectivity index (χ3n) is 4.18. The minimum absolute atomic E-state index is 0.353. The molecule has 0 aliphatic heterocycles. The van der Waals surface area contributed by atoms with Crippen LogP contribution in [0.15, 0.2) is 41.3 Å². The van der Waals surface area contributed by atoms with Gasteiger partial charge >= 0.3 is 6.09 Å². The van der Waals surface area contributed by atoms with E-state index in [1.54, 1.807) is 11.8 Å². The van der Waals surface area contributed by atoms with Gasteiger partial charge < -0.3 is 4.74 Å². The Morgan fingerprint density at radius 3 is 2.70 bits per heavy atom. The van der Waals surface area contributed by atoms with E-state index in [2.05, 4.69) is 17.5 Å². The maximum atomic E-state index is 11.8. The first-order valence-corrected chi connectivity index (χ1v) is 8.23. The summed E-state index contributed by atoms with van der Waals surface area (Å²) in [5.41, 5.74) is 0.778. The number of anilines is 1. The predicted molar refractivity (Wildman–Crippen MR) is 82.0 cm³/mol. The Balaban J connectivity index is 1.46. The first kappa shape index (κ1) is 13.6. The lowest BCUT2D eigenvalue weighted by Gasteiger charge is -2.17. The average Bonchev–Trinajstić information content (AvgIpc) is 3.08. The van der Waals surface area contributed by atoms with E-state index in [9.17, 15) is 4.79 Å². The van der Waals surface area contributed by atoms with Crippen LogP contribution in [0.2, 0.25) is 0 Å². The van der Waals surface area contributed by atoms with E-state index in [0.717, 1.165) is 18.0 Å². The second-order valence-electron chi connectivity index (χ2n) is 5.49. The summed E-state index contributed by atoms with van der Waals surface area (Å²) in [5, 5.41) is 2.77. The smallest absolute Gasteiger partial charge is 0.411 e. The summed E-state index contributed by atoms with van der Waals surface area (Å²) < 4.78 is 5.35. The highest BCUT2D eigenvalue weighted by atomic mass is 32.2. The van der Waals surface area contributed by atoms with Crippen LogP contribution < -0.4 is 5.32 Å². The summed E-state index contributed by atoms with van der Waals surface area (Å²) in [5.74, 6) is 1.85. The van der Waals surface area contributed by atoms with E-state index < -0.39 is 0 Å². The summed E-state index contributed by atoms with van der Waals surface area (Å²) in [4.78, 5) is 13.0. The molecule has 3 rings (SSSR count). The summed E-state index contributed by atoms with van der Waals surface area (Å²) in [6.07, 6.45) is 8.66. The highest BCUT2D eigenvalue weighted by Gasteiger charge is 2.36. The Kier molecular flexibility index (Phi) is 4.01. The molecule has 1 aromatic rings. The van der Waals surface area contributed by atoms with Gasteiger partial charge in [0.15, 0.2) is 0 Å². The molecule has 1 saturated carbocycles. The first-order chi connectivity index (χ1) is 9.74. The molecule has 2 bridgehead atoms. The van der Waals surface area contributed by atoms with Crippen molar-refractivity contribution in [3.63, 3.8) is 0 Å². The number of fused-ring (bicyclic) bond motifs is 2. The van der Waals surface area contributed by atoms with Gasteiger partial charge in [0.1, 0.15) is 0 Å². The Morgan fingerprint density at radius 2 is 2.10 bits per heavy atom. The van der Waals surface area contributed by atoms with Gasteiger partial charge in [-0.3, -0.25) is 5.32 Å². The van der Waals surface area contributed by atoms with Gasteiger partial charge in [-0.15, -0.1) is 11.8 Å². The SMILES string of the molecule is CSc1ccc(NC(=O)OC[C@H]2C[C@@H]3C=C[C@H]2C3)cc1. The van der Waals surface area contributed by atoms with Crippen LogP contribution in [-0.2, 0) is 4.74 Å². The zero-order valence-corrected chi connectivity index (χ0v) is 12.4. The van der Waals surface area contributed by atoms with Crippen LogP contribution in [0.3, 0.4) is 0 Å². The topological polar surface area (TPSA) is 38.3 Å². The molecule has 2 aliphatic carbocycles. The highest BCUT2D eigenvalue weighted by molar-refractivity contribution is 7.98. The molecule has 1 fully saturated rings. The number of hydrogen-bond acceptors (Lipinski definition) is 3. The van der Waals surface area contributed by atoms with Crippen molar-refractivity contribution >= 4 is 23.5 Å². The maximum absolute atomic E-state index is 11.8. The Morgan fingerprint density at radius 1 is 1.30 bits per heavy atom. The van der Waals surface area contributed by atoms with Crippen molar-refractivity contribution in [1.82, 2.24) is 0 Å². The average molecular weight is 289 g/mol. The molecule has 0 heterocycles. The highest BCUT2D eigenvalue weighted by Crippen LogP contribution is 2.43. The third-order valence-corrected chi connectivity index (χ3v) is 4.92. The largest absolute Gasteiger partial charge is 0.449 e. The summed E-state index contributed by atoms with van der Waals surface area (Å²) >= 11 is 1.68. The van der Waals surface area contributed by atoms with Crippen LogP contribution in [0.1, 0.15) is 12.8 Å². The van der Waals surface area contributed by atoms with E-state index in [4.69, 9.17) is 4.74 Å². The molecule has 2 aliphatic rings. The quantitative estimate of drug-likeness (QED) is 0.668. The van der Waals surface area contributed by atoms with Gasteiger partial charge in [-0.05, 0) is 55.2 Å². The van der Waals surface area contributed by atoms with Crippen LogP contribution in [0, 0.1) is 17.8 Å². The monoisotopic (exact) mass is 289 g/mol. The lowest BCUT2D eigenvalue weighted by Crippen LogP contribution is -2.21. The molecular formula is C16H19NO2S. The van der Waals surface area contributed by atoms with Gasteiger partial charge in [0, 0.05) is 16.5 Å². The standard InChI is InChI=1S/C16H19NO2S/c1-20-15-6-4-14(5-7-15)17-16(18)19-10-13-9-11-2-3-12(13)8-11/h2-7,11-13H,8-10H2,1H3,(H,17,18)/t11-,12+,13-/m1/s1. The van der Waals surface area contributed by atoms with Crippen molar-refractivity contribution < 1.29 is 9.53 Å². The second kappa shape index (κ2) is 5.92. The Bertz CT molecular complexity index is 512. The molecule has 4 heteroatoms. The van der Waals surface area contributed by atoms with Crippen LogP contribution in [-0.4, -0.2) is 19.0 Å². The van der Waals surface area contributed by atoms with E-state index in [1.165, 1.54) is 11.3 Å². The number of nitrogens with one attached hydrogen (secondary N) is 1. The maximum Gasteiger partial charge on any atom is 0.411 e. The summed E-state index contributed by atoms with van der Waals surface area (Å²) in [6.45, 7) is 0.528. The molecule has 106 valence electrons. The van der Waals surface area contributed by atoms with Gasteiger partial charge in [-0.2, -0.15) is 0 Å². The number of carbonyl (C=O) groups is 1. The van der Waals surface area contributed by atoms with Gasteiger partial charge in [0.05, 0.1) is 6.61 Å². The number of thioether (sulfide) groups is 1. The van der Waals surface area contributed by atoms with Crippen molar-refractivity contribution in [3.8, 4) is 0 Å². The van der Waals surface area contributed by atoms with Gasteiger partial charge in [0.2, 0.25) is 0 Å². The number of ether oxygens (including phenoxy) is 1. The summed E-state index contributed by atoms with van der Waals surface area (Å²) in [7, 11) is 0. The minimum Gasteiger partial charge on any atom is -0.449 e. The Labute approximate surface area is 123 Å². The van der Waals surface area contributed by atoms with E-state index in [0.29, 0.717) is 18.4 Å². The van der Waals surface area contributed by atoms with Crippen molar-refractivity contribution in [3.05, 3.63) is 36.4 Å². The molecule has 20 heavy (non-hydrogen) atoms. The van der Waals surface area contributed by atoms with Gasteiger partial charge in [-0.25, -0.2) is 4.79 Å². The molecule has 0 unspecified atom stereocenters. The van der Waals surface area contributed by atoms with Gasteiger partial charge in [-0.1, -0.05) is 12.2 Å². The van der Waals surface area contributed by atoms with Gasteiger partial charge in [0.25, 0.3) is 0 Å². The van der Waals surface area contributed by atoms with Crippen LogP contribution in [0.25, 0.3) is 0 Å². The van der Waals surface area contributed by atoms with Crippen molar-refractivity contribution in [2.45, 2.75) is 17.7 Å². The normalized spacial score (nSPS) is 26.8. The van der Waals surface area contributed by atoms with Crippen molar-refractivity contribution in [2.24, 2.45) is 17.8 Å². The van der Waals surface area contributed by atoms with Crippen LogP contribution in [0.5, 0.6) is 0 Å². The Hall–Kier alpha value is -1.42. The lowest BCUT2D eigenvalue weighted by molar-refractivity contribution is 0.134. The molecule has 3 atom stereocenters. The van der Waals surface area contributed by atoms with E-state index >= 15 is 0 Å². The molecule has 1 N–H and O–H groups in total. The number of allylic oxidation sites excluding steroid dienone is 2. The van der Waals surface area contributed by atoms with E-state index in [-0.39, 0.29) is 6.09 Å². The number of carbonyl (C=O) groups excluding carboxylic acids is 1. The molecule has 0 spiro atoms. The van der Waals surface area contributed by atoms with Crippen molar-refractivity contribution in [2.75, 3.05) is 18.2 Å². The van der Waals surface area contributed by atoms with E-state index in [1.807, 2.05) is 30.5 Å². The number of rotatable bonds is 4. The number of hydrogen-bond donors (Lipinski definition) is 1. The van der Waals surface area contributed by atoms with Crippen LogP contribution >= 0.6 is 11.8 Å². The fraction of sp³-hybridized carbons (Fsp3) is 0.438. The molecule has 1 amide bonds. The molecule has 0 aromatic heterocycles. The molecule has 3 nitrogen and oxygen atoms in total. The molecular weight excluding hydrogens is 270 g/mol. The second-order valence-corrected chi connectivity index (χ2v) is 6.37.